The van der Waals surface area contributed by atoms with Crippen LogP contribution in [-0.2, 0) is 13.9 Å². The molecule has 84 valence electrons. The van der Waals surface area contributed by atoms with Crippen molar-refractivity contribution in [3.05, 3.63) is 0 Å². The minimum Gasteiger partial charge on any atom is -0.394 e. The van der Waals surface area contributed by atoms with Crippen LogP contribution >= 0.6 is 7.82 Å². The molecular weight excluding hydrogens is 219 g/mol. The van der Waals surface area contributed by atoms with Gasteiger partial charge in [0.25, 0.3) is 0 Å². The number of ketones is 1. The number of aliphatic hydroxyl groups is 3. The molecule has 0 aliphatic carbocycles. The minimum atomic E-state index is -4.84. The van der Waals surface area contributed by atoms with Crippen LogP contribution in [0.1, 0.15) is 1.37 Å². The van der Waals surface area contributed by atoms with Crippen LogP contribution in [-0.4, -0.2) is 56.3 Å². The highest BCUT2D eigenvalue weighted by atomic mass is 31.2. The van der Waals surface area contributed by atoms with Crippen molar-refractivity contribution >= 4 is 13.6 Å². The molecule has 0 aliphatic heterocycles. The SMILES string of the molecule is [2H]C(O)[C@@H](O)[C@H](O)C(=O)COP(=O)(O)O. The maximum atomic E-state index is 10.9. The Morgan fingerprint density at radius 1 is 1.50 bits per heavy atom. The van der Waals surface area contributed by atoms with Crippen molar-refractivity contribution in [3.8, 4) is 0 Å². The van der Waals surface area contributed by atoms with Gasteiger partial charge in [-0.15, -0.1) is 0 Å². The molecular formula is C5H11O8P. The maximum Gasteiger partial charge on any atom is 0.470 e. The third-order valence-corrected chi connectivity index (χ3v) is 1.65. The van der Waals surface area contributed by atoms with E-state index in [1.54, 1.807) is 0 Å². The molecule has 0 heterocycles. The van der Waals surface area contributed by atoms with Gasteiger partial charge < -0.3 is 25.1 Å². The Hall–Kier alpha value is -0.340. The van der Waals surface area contributed by atoms with E-state index in [-0.39, 0.29) is 0 Å². The van der Waals surface area contributed by atoms with Gasteiger partial charge in [0.1, 0.15) is 18.8 Å². The molecule has 0 rings (SSSR count). The smallest absolute Gasteiger partial charge is 0.394 e. The van der Waals surface area contributed by atoms with Gasteiger partial charge in [0.05, 0.1) is 7.95 Å². The molecule has 0 radical (unpaired) electrons. The summed E-state index contributed by atoms with van der Waals surface area (Å²) in [5, 5.41) is 26.3. The summed E-state index contributed by atoms with van der Waals surface area (Å²) in [6, 6.07) is 0. The van der Waals surface area contributed by atoms with E-state index in [4.69, 9.17) is 26.5 Å². The Kier molecular flexibility index (Phi) is 4.63. The first-order valence-corrected chi connectivity index (χ1v) is 4.87. The number of phosphoric ester groups is 1. The molecule has 0 fully saturated rings. The first-order valence-electron chi connectivity index (χ1n) is 3.92. The second-order valence-electron chi connectivity index (χ2n) is 2.31. The average Bonchev–Trinajstić information content (AvgIpc) is 2.10. The molecule has 9 heteroatoms. The third-order valence-electron chi connectivity index (χ3n) is 1.18. The van der Waals surface area contributed by atoms with Crippen LogP contribution < -0.4 is 0 Å². The Labute approximate surface area is 80.4 Å². The van der Waals surface area contributed by atoms with Crippen molar-refractivity contribution in [2.75, 3.05) is 13.2 Å². The first kappa shape index (κ1) is 11.7. The van der Waals surface area contributed by atoms with Crippen molar-refractivity contribution in [2.45, 2.75) is 12.2 Å². The molecule has 0 aromatic carbocycles. The van der Waals surface area contributed by atoms with Crippen LogP contribution in [0, 0.1) is 0 Å². The van der Waals surface area contributed by atoms with Crippen molar-refractivity contribution in [3.63, 3.8) is 0 Å². The van der Waals surface area contributed by atoms with E-state index in [1.165, 1.54) is 0 Å². The molecule has 0 bridgehead atoms. The summed E-state index contributed by atoms with van der Waals surface area (Å²) >= 11 is 0. The van der Waals surface area contributed by atoms with E-state index in [0.29, 0.717) is 0 Å². The molecule has 5 N–H and O–H groups in total. The fraction of sp³-hybridized carbons (Fsp3) is 0.800. The summed E-state index contributed by atoms with van der Waals surface area (Å²) in [6.07, 6.45) is -4.19. The monoisotopic (exact) mass is 231 g/mol. The van der Waals surface area contributed by atoms with Gasteiger partial charge in [0, 0.05) is 0 Å². The summed E-state index contributed by atoms with van der Waals surface area (Å²) < 4.78 is 20.5. The standard InChI is InChI=1S/C5H11O8P/c6-1-3(7)5(9)4(8)2-13-14(10,11)12/h3,5-7,9H,1-2H2,(H2,10,11,12)/t3-,5+/m1/s1/i1D/t1?,3-,5+. The van der Waals surface area contributed by atoms with Crippen molar-refractivity contribution < 1.29 is 40.4 Å². The second-order valence-corrected chi connectivity index (χ2v) is 3.55. The molecule has 1 unspecified atom stereocenters. The highest BCUT2D eigenvalue weighted by Gasteiger charge is 2.26. The number of rotatable bonds is 6. The lowest BCUT2D eigenvalue weighted by atomic mass is 10.1. The van der Waals surface area contributed by atoms with Crippen LogP contribution in [0.3, 0.4) is 0 Å². The summed E-state index contributed by atoms with van der Waals surface area (Å²) in [6.45, 7) is -3.23. The van der Waals surface area contributed by atoms with Crippen LogP contribution in [0.25, 0.3) is 0 Å². The molecule has 3 atom stereocenters. The van der Waals surface area contributed by atoms with Gasteiger partial charge in [-0.25, -0.2) is 4.57 Å². The van der Waals surface area contributed by atoms with Gasteiger partial charge in [0.2, 0.25) is 0 Å². The van der Waals surface area contributed by atoms with E-state index in [9.17, 15) is 9.36 Å². The van der Waals surface area contributed by atoms with E-state index in [2.05, 4.69) is 4.52 Å². The first-order chi connectivity index (χ1) is 6.65. The molecule has 0 spiro atoms. The van der Waals surface area contributed by atoms with Gasteiger partial charge in [-0.05, 0) is 0 Å². The summed E-state index contributed by atoms with van der Waals surface area (Å²) in [4.78, 5) is 27.3. The Morgan fingerprint density at radius 3 is 2.36 bits per heavy atom. The van der Waals surface area contributed by atoms with Gasteiger partial charge in [0.15, 0.2) is 5.78 Å². The van der Waals surface area contributed by atoms with Crippen LogP contribution in [0.5, 0.6) is 0 Å². The average molecular weight is 231 g/mol. The molecule has 0 aromatic heterocycles. The zero-order chi connectivity index (χ0) is 12.2. The van der Waals surface area contributed by atoms with Crippen molar-refractivity contribution in [2.24, 2.45) is 0 Å². The third kappa shape index (κ3) is 5.40. The number of aliphatic hydroxyl groups excluding tert-OH is 3. The fourth-order valence-corrected chi connectivity index (χ4v) is 0.800. The molecule has 0 saturated heterocycles. The normalized spacial score (nSPS) is 19.6. The molecule has 0 aromatic rings. The lowest BCUT2D eigenvalue weighted by molar-refractivity contribution is -0.137. The molecule has 8 nitrogen and oxygen atoms in total. The maximum absolute atomic E-state index is 10.9. The number of phosphoric acid groups is 1. The number of hydrogen-bond donors (Lipinski definition) is 5. The van der Waals surface area contributed by atoms with Crippen LogP contribution in [0.15, 0.2) is 0 Å². The number of carbonyl (C=O) groups is 1. The predicted molar refractivity (Wildman–Crippen MR) is 42.1 cm³/mol. The van der Waals surface area contributed by atoms with Crippen molar-refractivity contribution in [1.29, 1.82) is 0 Å². The topological polar surface area (TPSA) is 145 Å². The van der Waals surface area contributed by atoms with E-state index < -0.39 is 39.0 Å². The molecule has 14 heavy (non-hydrogen) atoms. The number of Topliss-reactive ketones (excluding diaryl/α,β-unsaturated/α-hetero) is 1. The molecule has 0 aliphatic rings. The summed E-state index contributed by atoms with van der Waals surface area (Å²) in [5.41, 5.74) is 0. The van der Waals surface area contributed by atoms with E-state index >= 15 is 0 Å². The predicted octanol–water partition coefficient (Wildman–Crippen LogP) is -2.62. The Morgan fingerprint density at radius 2 is 2.00 bits per heavy atom. The molecule has 0 saturated carbocycles. The summed E-state index contributed by atoms with van der Waals surface area (Å²) in [7, 11) is -4.84. The van der Waals surface area contributed by atoms with E-state index in [1.807, 2.05) is 0 Å². The van der Waals surface area contributed by atoms with Gasteiger partial charge in [-0.2, -0.15) is 0 Å². The highest BCUT2D eigenvalue weighted by molar-refractivity contribution is 7.46. The quantitative estimate of drug-likeness (QED) is 0.312. The zero-order valence-corrected chi connectivity index (χ0v) is 7.74. The van der Waals surface area contributed by atoms with Crippen LogP contribution in [0.2, 0.25) is 0 Å². The van der Waals surface area contributed by atoms with Gasteiger partial charge in [-0.3, -0.25) is 9.32 Å². The highest BCUT2D eigenvalue weighted by Crippen LogP contribution is 2.35. The zero-order valence-electron chi connectivity index (χ0n) is 7.85. The second kappa shape index (κ2) is 5.52. The van der Waals surface area contributed by atoms with Gasteiger partial charge >= 0.3 is 7.82 Å². The van der Waals surface area contributed by atoms with Crippen molar-refractivity contribution in [1.82, 2.24) is 0 Å². The lowest BCUT2D eigenvalue weighted by Crippen LogP contribution is -2.38. The largest absolute Gasteiger partial charge is 0.470 e. The lowest BCUT2D eigenvalue weighted by Gasteiger charge is -2.14. The Bertz CT molecular complexity index is 262. The Balaban J connectivity index is 4.17. The number of hydrogen-bond acceptors (Lipinski definition) is 6. The minimum absolute atomic E-state index is 1.13. The van der Waals surface area contributed by atoms with E-state index in [0.717, 1.165) is 0 Å². The summed E-state index contributed by atoms with van der Waals surface area (Å²) in [5.74, 6) is -1.25. The number of carbonyl (C=O) groups excluding carboxylic acids is 1. The van der Waals surface area contributed by atoms with Gasteiger partial charge in [-0.1, -0.05) is 0 Å². The fourth-order valence-electron chi connectivity index (χ4n) is 0.505. The van der Waals surface area contributed by atoms with Crippen LogP contribution in [0.4, 0.5) is 0 Å². The molecule has 0 amide bonds.